The predicted molar refractivity (Wildman–Crippen MR) is 178 cm³/mol. The van der Waals surface area contributed by atoms with Crippen molar-refractivity contribution in [3.63, 3.8) is 0 Å². The summed E-state index contributed by atoms with van der Waals surface area (Å²) in [4.78, 5) is 55.3. The number of carbonyl (C=O) groups excluding carboxylic acids is 3. The molecule has 1 saturated carbocycles. The summed E-state index contributed by atoms with van der Waals surface area (Å²) >= 11 is 0. The monoisotopic (exact) mass is 696 g/mol. The zero-order chi connectivity index (χ0) is 33.2. The number of methoxy groups -OCH3 is 2. The summed E-state index contributed by atoms with van der Waals surface area (Å²) in [6.07, 6.45) is 10.9. The number of aromatic nitrogens is 2. The molecule has 1 aromatic heterocycles. The topological polar surface area (TPSA) is 131 Å². The van der Waals surface area contributed by atoms with Gasteiger partial charge in [0.1, 0.15) is 35.5 Å². The van der Waals surface area contributed by atoms with Crippen molar-refractivity contribution >= 4 is 29.6 Å². The van der Waals surface area contributed by atoms with E-state index in [1.165, 1.54) is 37.0 Å². The number of unbranched alkanes of at least 4 members (excludes halogenated alkanes) is 2. The molecule has 1 aliphatic carbocycles. The number of ether oxygens (including phenoxy) is 2. The Morgan fingerprint density at radius 2 is 1.94 bits per heavy atom. The van der Waals surface area contributed by atoms with Gasteiger partial charge in [0, 0.05) is 44.7 Å². The van der Waals surface area contributed by atoms with E-state index in [1.807, 2.05) is 19.2 Å². The maximum Gasteiger partial charge on any atom is 0.270 e. The van der Waals surface area contributed by atoms with E-state index in [1.54, 1.807) is 40.9 Å². The fourth-order valence-corrected chi connectivity index (χ4v) is 6.55. The minimum absolute atomic E-state index is 0. The van der Waals surface area contributed by atoms with Gasteiger partial charge in [0.2, 0.25) is 12.3 Å². The van der Waals surface area contributed by atoms with E-state index in [2.05, 4.69) is 15.3 Å². The number of alkyl halides is 1. The maximum atomic E-state index is 14.5. The molecule has 0 spiro atoms. The number of likely N-dealkylation sites (tertiary alicyclic amines) is 1. The smallest absolute Gasteiger partial charge is 0.270 e. The number of nitrogens with zero attached hydrogens (tertiary/aromatic N) is 2. The molecule has 12 heteroatoms. The number of carbonyl (C=O) groups is 3. The Morgan fingerprint density at radius 1 is 1.21 bits per heavy atom. The molecule has 1 radical (unpaired) electrons. The van der Waals surface area contributed by atoms with Crippen LogP contribution in [0.15, 0.2) is 23.0 Å². The van der Waals surface area contributed by atoms with Crippen LogP contribution in [0.5, 0.6) is 5.75 Å². The Morgan fingerprint density at radius 3 is 2.53 bits per heavy atom. The number of benzene rings is 1. The van der Waals surface area contributed by atoms with Crippen LogP contribution in [-0.4, -0.2) is 78.1 Å². The van der Waals surface area contributed by atoms with Gasteiger partial charge in [-0.2, -0.15) is 0 Å². The van der Waals surface area contributed by atoms with Gasteiger partial charge in [-0.05, 0) is 62.0 Å². The fourth-order valence-electron chi connectivity index (χ4n) is 6.55. The fraction of sp³-hybridized carbons (Fsp3) is 0.657. The van der Waals surface area contributed by atoms with Gasteiger partial charge in [-0.15, -0.1) is 0 Å². The van der Waals surface area contributed by atoms with Crippen LogP contribution in [0, 0.1) is 18.8 Å². The Hall–Kier alpha value is -2.76. The van der Waals surface area contributed by atoms with Crippen molar-refractivity contribution in [3.05, 3.63) is 41.7 Å². The van der Waals surface area contributed by atoms with Gasteiger partial charge in [-0.3, -0.25) is 14.4 Å². The number of aldehydes is 1. The first-order chi connectivity index (χ1) is 21.4. The second-order valence-corrected chi connectivity index (χ2v) is 13.3. The Balaban J connectivity index is 0.000000462. The number of nitrogens with one attached hydrogen (secondary N) is 2. The van der Waals surface area contributed by atoms with Gasteiger partial charge in [0.15, 0.2) is 0 Å². The second kappa shape index (κ2) is 19.3. The van der Waals surface area contributed by atoms with Crippen LogP contribution < -0.4 is 15.6 Å². The summed E-state index contributed by atoms with van der Waals surface area (Å²) in [5.74, 6) is 1.04. The van der Waals surface area contributed by atoms with Crippen LogP contribution >= 0.6 is 0 Å². The third-order valence-corrected chi connectivity index (χ3v) is 9.33. The molecule has 2 fully saturated rings. The van der Waals surface area contributed by atoms with Crippen molar-refractivity contribution in [3.8, 4) is 5.75 Å². The number of fused-ring (bicyclic) bond motifs is 1. The molecule has 2 N–H and O–H groups in total. The molecular weight excluding hydrogens is 642 g/mol. The number of amides is 2. The van der Waals surface area contributed by atoms with E-state index < -0.39 is 29.1 Å². The molecule has 0 bridgehead atoms. The molecule has 10 nitrogen and oxygen atoms in total. The first kappa shape index (κ1) is 42.3. The summed E-state index contributed by atoms with van der Waals surface area (Å²) in [6, 6.07) is 3.71. The zero-order valence-electron chi connectivity index (χ0n) is 29.1. The van der Waals surface area contributed by atoms with Crippen LogP contribution in [0.4, 0.5) is 4.39 Å². The molecule has 2 heterocycles. The number of hydrogen-bond donors (Lipinski definition) is 2. The number of hydrogen-bond acceptors (Lipinski definition) is 7. The minimum Gasteiger partial charge on any atom is -0.497 e. The van der Waals surface area contributed by atoms with E-state index in [4.69, 9.17) is 9.47 Å². The van der Waals surface area contributed by atoms with Crippen molar-refractivity contribution in [1.82, 2.24) is 20.2 Å². The molecule has 5 atom stereocenters. The molecule has 263 valence electrons. The summed E-state index contributed by atoms with van der Waals surface area (Å²) in [5, 5.41) is 2.48. The van der Waals surface area contributed by atoms with Crippen LogP contribution in [0.1, 0.15) is 91.2 Å². The van der Waals surface area contributed by atoms with Gasteiger partial charge in [-0.25, -0.2) is 9.37 Å². The SMILES string of the molecule is CC[C@]1(F)CCN(C(=O)[C@@H](NC=O)C(C)(C)C)C1C=O.COc1ccc2nc(CCCCCC3CCC[C@H]3OC)c(=O)[nH]c2c1.[CH3-].[V]. The van der Waals surface area contributed by atoms with Crippen molar-refractivity contribution < 1.29 is 46.8 Å². The van der Waals surface area contributed by atoms with E-state index >= 15 is 0 Å². The zero-order valence-corrected chi connectivity index (χ0v) is 30.5. The molecular formula is C35H54FN4O6V-. The first-order valence-electron chi connectivity index (χ1n) is 16.2. The molecule has 47 heavy (non-hydrogen) atoms. The standard InChI is InChI=1S/C20H28N2O3.C14H23FN2O3.CH3.V/c1-24-15-11-12-16-18(13-15)22-20(23)17(21-16)9-5-3-4-7-14-8-6-10-19(14)25-2;1-5-14(15)6-7-17(10(14)8-18)12(20)11(16-9-19)13(2,3)4;;/h11-14,19H,3-10H2,1-2H3,(H,22,23);8-11H,5-7H2,1-4H3,(H,16,19);1H3;/q;;-1;/t14?,19-;10?,11-,14+;;/m11../s1. The van der Waals surface area contributed by atoms with E-state index in [0.29, 0.717) is 24.5 Å². The molecule has 1 saturated heterocycles. The van der Waals surface area contributed by atoms with Crippen LogP contribution in [0.2, 0.25) is 0 Å². The normalized spacial score (nSPS) is 22.7. The third kappa shape index (κ3) is 10.9. The summed E-state index contributed by atoms with van der Waals surface area (Å²) in [6.45, 7) is 7.27. The van der Waals surface area contributed by atoms with Crippen LogP contribution in [-0.2, 0) is 44.1 Å². The summed E-state index contributed by atoms with van der Waals surface area (Å²) < 4.78 is 25.3. The number of aromatic amines is 1. The molecule has 1 aliphatic heterocycles. The van der Waals surface area contributed by atoms with Crippen molar-refractivity contribution in [2.24, 2.45) is 11.3 Å². The number of H-pyrrole nitrogens is 1. The van der Waals surface area contributed by atoms with E-state index in [0.717, 1.165) is 42.0 Å². The molecule has 2 aromatic rings. The molecule has 2 aliphatic rings. The van der Waals surface area contributed by atoms with Gasteiger partial charge in [0.05, 0.1) is 24.2 Å². The maximum absolute atomic E-state index is 14.5. The average molecular weight is 697 g/mol. The quantitative estimate of drug-likeness (QED) is 0.164. The number of halogens is 1. The van der Waals surface area contributed by atoms with E-state index in [9.17, 15) is 23.6 Å². The number of rotatable bonds is 13. The first-order valence-corrected chi connectivity index (χ1v) is 16.2. The van der Waals surface area contributed by atoms with Gasteiger partial charge >= 0.3 is 0 Å². The third-order valence-electron chi connectivity index (χ3n) is 9.33. The van der Waals surface area contributed by atoms with Crippen molar-refractivity contribution in [2.75, 3.05) is 20.8 Å². The van der Waals surface area contributed by atoms with Crippen LogP contribution in [0.3, 0.4) is 0 Å². The van der Waals surface area contributed by atoms with Gasteiger partial charge in [0.25, 0.3) is 5.56 Å². The largest absolute Gasteiger partial charge is 0.497 e. The molecule has 4 rings (SSSR count). The predicted octanol–water partition coefficient (Wildman–Crippen LogP) is 5.36. The molecule has 2 amide bonds. The minimum atomic E-state index is -1.67. The number of aryl methyl sites for hydroxylation is 1. The Labute approximate surface area is 291 Å². The van der Waals surface area contributed by atoms with Crippen molar-refractivity contribution in [1.29, 1.82) is 0 Å². The van der Waals surface area contributed by atoms with Gasteiger partial charge < -0.3 is 36.9 Å². The van der Waals surface area contributed by atoms with E-state index in [-0.39, 0.29) is 50.9 Å². The molecule has 1 aromatic carbocycles. The van der Waals surface area contributed by atoms with Crippen LogP contribution in [0.25, 0.3) is 11.0 Å². The van der Waals surface area contributed by atoms with Crippen molar-refractivity contribution in [2.45, 2.75) is 116 Å². The molecule has 2 unspecified atom stereocenters. The average Bonchev–Trinajstić information content (AvgIpc) is 3.62. The Bertz CT molecular complexity index is 1350. The van der Waals surface area contributed by atoms with Gasteiger partial charge in [-0.1, -0.05) is 47.0 Å². The summed E-state index contributed by atoms with van der Waals surface area (Å²) in [5.41, 5.74) is -0.103. The second-order valence-electron chi connectivity index (χ2n) is 13.3. The Kier molecular flexibility index (Phi) is 17.4. The summed E-state index contributed by atoms with van der Waals surface area (Å²) in [7, 11) is 3.44.